The molecule has 0 N–H and O–H groups in total. The molecule has 3 aromatic carbocycles. The highest BCUT2D eigenvalue weighted by Crippen LogP contribution is 2.41. The van der Waals surface area contributed by atoms with Crippen molar-refractivity contribution >= 4 is 78.2 Å². The van der Waals surface area contributed by atoms with Crippen LogP contribution in [0.4, 0.5) is 4.79 Å². The molecular formula is C26H20BrCl2NO6S2. The highest BCUT2D eigenvalue weighted by molar-refractivity contribution is 9.10. The van der Waals surface area contributed by atoms with Gasteiger partial charge in [-0.1, -0.05) is 47.0 Å². The van der Waals surface area contributed by atoms with Crippen molar-refractivity contribution < 1.29 is 26.9 Å². The van der Waals surface area contributed by atoms with Crippen LogP contribution in [0.1, 0.15) is 23.6 Å². The predicted octanol–water partition coefficient (Wildman–Crippen LogP) is 7.47. The number of rotatable bonds is 8. The first-order valence-electron chi connectivity index (χ1n) is 11.2. The van der Waals surface area contributed by atoms with E-state index in [0.717, 1.165) is 22.2 Å². The fourth-order valence-electron chi connectivity index (χ4n) is 3.49. The van der Waals surface area contributed by atoms with Gasteiger partial charge in [0.1, 0.15) is 4.90 Å². The predicted molar refractivity (Wildman–Crippen MR) is 152 cm³/mol. The Morgan fingerprint density at radius 3 is 2.42 bits per heavy atom. The summed E-state index contributed by atoms with van der Waals surface area (Å²) in [5.41, 5.74) is 1.98. The van der Waals surface area contributed by atoms with Gasteiger partial charge in [-0.05, 0) is 95.1 Å². The van der Waals surface area contributed by atoms with Gasteiger partial charge in [0, 0.05) is 10.0 Å². The zero-order chi connectivity index (χ0) is 27.6. The minimum absolute atomic E-state index is 0.00371. The molecule has 0 atom stereocenters. The van der Waals surface area contributed by atoms with Crippen molar-refractivity contribution in [2.24, 2.45) is 0 Å². The molecule has 38 heavy (non-hydrogen) atoms. The molecule has 7 nitrogen and oxygen atoms in total. The van der Waals surface area contributed by atoms with Crippen LogP contribution >= 0.6 is 50.9 Å². The Kier molecular flexibility index (Phi) is 8.78. The molecule has 0 unspecified atom stereocenters. The van der Waals surface area contributed by atoms with Crippen molar-refractivity contribution in [1.29, 1.82) is 0 Å². The Balaban J connectivity index is 1.62. The Hall–Kier alpha value is -2.50. The molecule has 1 fully saturated rings. The van der Waals surface area contributed by atoms with Gasteiger partial charge >= 0.3 is 10.1 Å². The minimum Gasteiger partial charge on any atom is -0.490 e. The lowest BCUT2D eigenvalue weighted by molar-refractivity contribution is -0.123. The van der Waals surface area contributed by atoms with E-state index in [1.807, 2.05) is 6.92 Å². The van der Waals surface area contributed by atoms with E-state index >= 15 is 0 Å². The summed E-state index contributed by atoms with van der Waals surface area (Å²) >= 11 is 16.3. The first-order valence-corrected chi connectivity index (χ1v) is 14.9. The maximum absolute atomic E-state index is 13.0. The van der Waals surface area contributed by atoms with Gasteiger partial charge in [0.25, 0.3) is 11.1 Å². The molecule has 198 valence electrons. The SMILES string of the molecule is CCOc1cc(/C=C2\SC(=O)N(Cc3ccc(Cl)cc3Cl)C2=O)cc(Br)c1OS(=O)(=O)c1ccc(C)cc1. The number of benzene rings is 3. The molecule has 0 bridgehead atoms. The summed E-state index contributed by atoms with van der Waals surface area (Å²) in [7, 11) is -4.14. The second kappa shape index (κ2) is 11.7. The number of carbonyl (C=O) groups is 2. The lowest BCUT2D eigenvalue weighted by atomic mass is 10.1. The van der Waals surface area contributed by atoms with Crippen LogP contribution in [-0.4, -0.2) is 31.1 Å². The molecule has 1 heterocycles. The van der Waals surface area contributed by atoms with E-state index in [1.54, 1.807) is 43.3 Å². The topological polar surface area (TPSA) is 90.0 Å². The number of nitrogens with zero attached hydrogens (tertiary/aromatic N) is 1. The monoisotopic (exact) mass is 655 g/mol. The highest BCUT2D eigenvalue weighted by Gasteiger charge is 2.35. The number of amides is 2. The summed E-state index contributed by atoms with van der Waals surface area (Å²) < 4.78 is 37.1. The molecule has 4 rings (SSSR count). The van der Waals surface area contributed by atoms with Gasteiger partial charge in [-0.2, -0.15) is 8.42 Å². The number of imide groups is 1. The number of aryl methyl sites for hydroxylation is 1. The molecule has 2 amide bonds. The molecule has 1 aliphatic rings. The average molecular weight is 657 g/mol. The number of ether oxygens (including phenoxy) is 1. The fraction of sp³-hybridized carbons (Fsp3) is 0.154. The van der Waals surface area contributed by atoms with Crippen LogP contribution in [-0.2, 0) is 21.5 Å². The van der Waals surface area contributed by atoms with Gasteiger partial charge in [-0.25, -0.2) is 0 Å². The van der Waals surface area contributed by atoms with E-state index in [0.29, 0.717) is 21.2 Å². The number of hydrogen-bond donors (Lipinski definition) is 0. The number of thioether (sulfide) groups is 1. The number of carbonyl (C=O) groups excluding carboxylic acids is 2. The van der Waals surface area contributed by atoms with Gasteiger partial charge in [-0.3, -0.25) is 14.5 Å². The normalized spacial score (nSPS) is 14.9. The highest BCUT2D eigenvalue weighted by atomic mass is 79.9. The summed E-state index contributed by atoms with van der Waals surface area (Å²) in [4.78, 5) is 26.9. The van der Waals surface area contributed by atoms with E-state index in [2.05, 4.69) is 15.9 Å². The van der Waals surface area contributed by atoms with E-state index in [-0.39, 0.29) is 38.9 Å². The molecule has 12 heteroatoms. The quantitative estimate of drug-likeness (QED) is 0.184. The van der Waals surface area contributed by atoms with Gasteiger partial charge in [-0.15, -0.1) is 0 Å². The third-order valence-corrected chi connectivity index (χ3v) is 8.67. The first kappa shape index (κ1) is 28.5. The summed E-state index contributed by atoms with van der Waals surface area (Å²) in [5, 5.41) is 0.352. The fourth-order valence-corrected chi connectivity index (χ4v) is 6.40. The smallest absolute Gasteiger partial charge is 0.339 e. The van der Waals surface area contributed by atoms with Crippen LogP contribution in [0.5, 0.6) is 11.5 Å². The summed E-state index contributed by atoms with van der Waals surface area (Å²) in [5.74, 6) is -0.367. The van der Waals surface area contributed by atoms with Crippen LogP contribution in [0.2, 0.25) is 10.0 Å². The van der Waals surface area contributed by atoms with E-state index in [9.17, 15) is 18.0 Å². The molecule has 3 aromatic rings. The van der Waals surface area contributed by atoms with Crippen molar-refractivity contribution in [2.75, 3.05) is 6.61 Å². The van der Waals surface area contributed by atoms with Crippen LogP contribution < -0.4 is 8.92 Å². The van der Waals surface area contributed by atoms with Crippen LogP contribution in [0.3, 0.4) is 0 Å². The zero-order valence-electron chi connectivity index (χ0n) is 20.0. The maximum Gasteiger partial charge on any atom is 0.339 e. The molecule has 0 radical (unpaired) electrons. The number of hydrogen-bond acceptors (Lipinski definition) is 7. The Bertz CT molecular complexity index is 1560. The van der Waals surface area contributed by atoms with Crippen molar-refractivity contribution in [3.05, 3.63) is 90.7 Å². The summed E-state index contributed by atoms with van der Waals surface area (Å²) in [6.07, 6.45) is 1.53. The largest absolute Gasteiger partial charge is 0.490 e. The van der Waals surface area contributed by atoms with E-state index < -0.39 is 21.3 Å². The molecule has 0 aromatic heterocycles. The summed E-state index contributed by atoms with van der Waals surface area (Å²) in [6, 6.07) is 14.2. The molecular weight excluding hydrogens is 637 g/mol. The van der Waals surface area contributed by atoms with Gasteiger partial charge < -0.3 is 8.92 Å². The summed E-state index contributed by atoms with van der Waals surface area (Å²) in [6.45, 7) is 3.82. The van der Waals surface area contributed by atoms with Crippen LogP contribution in [0, 0.1) is 6.92 Å². The average Bonchev–Trinajstić information content (AvgIpc) is 3.10. The Labute approximate surface area is 243 Å². The maximum atomic E-state index is 13.0. The zero-order valence-corrected chi connectivity index (χ0v) is 24.8. The second-order valence-electron chi connectivity index (χ2n) is 8.12. The van der Waals surface area contributed by atoms with E-state index in [1.165, 1.54) is 24.3 Å². The minimum atomic E-state index is -4.14. The van der Waals surface area contributed by atoms with Crippen molar-refractivity contribution in [2.45, 2.75) is 25.3 Å². The molecule has 0 spiro atoms. The van der Waals surface area contributed by atoms with Crippen molar-refractivity contribution in [3.8, 4) is 11.5 Å². The lowest BCUT2D eigenvalue weighted by Gasteiger charge is -2.15. The lowest BCUT2D eigenvalue weighted by Crippen LogP contribution is -2.27. The molecule has 0 aliphatic carbocycles. The van der Waals surface area contributed by atoms with E-state index in [4.69, 9.17) is 32.1 Å². The van der Waals surface area contributed by atoms with Crippen molar-refractivity contribution in [3.63, 3.8) is 0 Å². The van der Waals surface area contributed by atoms with Crippen molar-refractivity contribution in [1.82, 2.24) is 4.90 Å². The number of halogens is 3. The Morgan fingerprint density at radius 2 is 1.76 bits per heavy atom. The van der Waals surface area contributed by atoms with Gasteiger partial charge in [0.2, 0.25) is 0 Å². The molecule has 0 saturated carbocycles. The third kappa shape index (κ3) is 6.38. The Morgan fingerprint density at radius 1 is 1.05 bits per heavy atom. The molecule has 1 saturated heterocycles. The standard InChI is InChI=1S/C26H20BrCl2NO6S2/c1-3-35-22-11-16(10-20(27)24(22)36-38(33,34)19-8-4-15(2)5-9-19)12-23-25(31)30(26(32)37-23)14-17-6-7-18(28)13-21(17)29/h4-13H,3,14H2,1-2H3/b23-12-. The van der Waals surface area contributed by atoms with Crippen LogP contribution in [0.25, 0.3) is 6.08 Å². The first-order chi connectivity index (χ1) is 18.0. The second-order valence-corrected chi connectivity index (χ2v) is 12.4. The molecule has 1 aliphatic heterocycles. The van der Waals surface area contributed by atoms with Crippen LogP contribution in [0.15, 0.2) is 68.9 Å². The third-order valence-electron chi connectivity index (χ3n) is 5.35. The van der Waals surface area contributed by atoms with Gasteiger partial charge in [0.05, 0.1) is 22.5 Å². The van der Waals surface area contributed by atoms with Gasteiger partial charge in [0.15, 0.2) is 11.5 Å².